The zero-order chi connectivity index (χ0) is 14.4. The standard InChI is InChI=1S/C15H25N3O2/c1-3-6-19-12-8-11(9-17-10-12)15(18-16)13-5-7-20-14(13)4-2/h8-10,13-15,18H,3-7,16H2,1-2H3. The minimum atomic E-state index is 0.0557. The number of hydrogen-bond acceptors (Lipinski definition) is 5. The van der Waals surface area contributed by atoms with E-state index in [0.717, 1.165) is 37.2 Å². The highest BCUT2D eigenvalue weighted by molar-refractivity contribution is 5.26. The van der Waals surface area contributed by atoms with E-state index in [9.17, 15) is 0 Å². The lowest BCUT2D eigenvalue weighted by Gasteiger charge is -2.26. The molecule has 5 heteroatoms. The Hall–Kier alpha value is -1.17. The molecule has 0 bridgehead atoms. The fourth-order valence-electron chi connectivity index (χ4n) is 2.84. The molecule has 20 heavy (non-hydrogen) atoms. The first-order valence-electron chi connectivity index (χ1n) is 7.45. The van der Waals surface area contributed by atoms with Crippen LogP contribution < -0.4 is 16.0 Å². The number of nitrogens with two attached hydrogens (primary N) is 1. The van der Waals surface area contributed by atoms with Crippen molar-refractivity contribution in [1.29, 1.82) is 0 Å². The van der Waals surface area contributed by atoms with Gasteiger partial charge in [-0.05, 0) is 30.9 Å². The van der Waals surface area contributed by atoms with Crippen LogP contribution in [0.4, 0.5) is 0 Å². The Morgan fingerprint density at radius 1 is 1.50 bits per heavy atom. The molecule has 1 fully saturated rings. The molecule has 2 rings (SSSR count). The summed E-state index contributed by atoms with van der Waals surface area (Å²) in [5, 5.41) is 0. The van der Waals surface area contributed by atoms with Crippen LogP contribution in [0.15, 0.2) is 18.5 Å². The molecule has 112 valence electrons. The van der Waals surface area contributed by atoms with E-state index in [2.05, 4.69) is 24.3 Å². The molecule has 0 aromatic carbocycles. The van der Waals surface area contributed by atoms with Crippen LogP contribution in [0, 0.1) is 5.92 Å². The van der Waals surface area contributed by atoms with Crippen molar-refractivity contribution < 1.29 is 9.47 Å². The zero-order valence-electron chi connectivity index (χ0n) is 12.3. The van der Waals surface area contributed by atoms with Crippen LogP contribution in [0.1, 0.15) is 44.7 Å². The van der Waals surface area contributed by atoms with Gasteiger partial charge in [0.1, 0.15) is 5.75 Å². The van der Waals surface area contributed by atoms with Crippen LogP contribution in [0.2, 0.25) is 0 Å². The third kappa shape index (κ3) is 3.48. The third-order valence-corrected chi connectivity index (χ3v) is 3.84. The lowest BCUT2D eigenvalue weighted by Crippen LogP contribution is -2.37. The van der Waals surface area contributed by atoms with E-state index in [1.165, 1.54) is 0 Å². The number of nitrogens with zero attached hydrogens (tertiary/aromatic N) is 1. The summed E-state index contributed by atoms with van der Waals surface area (Å²) in [4.78, 5) is 4.27. The highest BCUT2D eigenvalue weighted by atomic mass is 16.5. The molecule has 3 N–H and O–H groups in total. The average molecular weight is 279 g/mol. The van der Waals surface area contributed by atoms with Gasteiger partial charge in [-0.3, -0.25) is 16.3 Å². The van der Waals surface area contributed by atoms with Crippen molar-refractivity contribution in [2.45, 2.75) is 45.3 Å². The van der Waals surface area contributed by atoms with Crippen LogP contribution in [0.25, 0.3) is 0 Å². The van der Waals surface area contributed by atoms with Crippen LogP contribution in [0.5, 0.6) is 5.75 Å². The van der Waals surface area contributed by atoms with Gasteiger partial charge in [-0.25, -0.2) is 0 Å². The summed E-state index contributed by atoms with van der Waals surface area (Å²) in [5.41, 5.74) is 4.00. The predicted molar refractivity (Wildman–Crippen MR) is 78.2 cm³/mol. The molecule has 2 heterocycles. The summed E-state index contributed by atoms with van der Waals surface area (Å²) in [6, 6.07) is 2.08. The molecule has 1 aromatic rings. The quantitative estimate of drug-likeness (QED) is 0.591. The molecular formula is C15H25N3O2. The Morgan fingerprint density at radius 2 is 2.35 bits per heavy atom. The molecule has 0 spiro atoms. The van der Waals surface area contributed by atoms with E-state index in [-0.39, 0.29) is 12.1 Å². The van der Waals surface area contributed by atoms with Gasteiger partial charge < -0.3 is 9.47 Å². The van der Waals surface area contributed by atoms with E-state index >= 15 is 0 Å². The molecular weight excluding hydrogens is 254 g/mol. The van der Waals surface area contributed by atoms with E-state index in [0.29, 0.717) is 12.5 Å². The molecule has 1 aromatic heterocycles. The maximum Gasteiger partial charge on any atom is 0.137 e. The lowest BCUT2D eigenvalue weighted by atomic mass is 9.88. The Labute approximate surface area is 120 Å². The third-order valence-electron chi connectivity index (χ3n) is 3.84. The van der Waals surface area contributed by atoms with Crippen LogP contribution in [0.3, 0.4) is 0 Å². The first kappa shape index (κ1) is 15.2. The van der Waals surface area contributed by atoms with Crippen molar-refractivity contribution in [3.63, 3.8) is 0 Å². The van der Waals surface area contributed by atoms with E-state index < -0.39 is 0 Å². The van der Waals surface area contributed by atoms with Gasteiger partial charge in [0.15, 0.2) is 0 Å². The molecule has 1 aliphatic heterocycles. The summed E-state index contributed by atoms with van der Waals surface area (Å²) in [5.74, 6) is 6.96. The van der Waals surface area contributed by atoms with E-state index in [4.69, 9.17) is 15.3 Å². The van der Waals surface area contributed by atoms with Crippen molar-refractivity contribution in [3.8, 4) is 5.75 Å². The first-order chi connectivity index (χ1) is 9.80. The molecule has 1 saturated heterocycles. The van der Waals surface area contributed by atoms with Crippen molar-refractivity contribution in [1.82, 2.24) is 10.4 Å². The minimum Gasteiger partial charge on any atom is -0.492 e. The molecule has 0 radical (unpaired) electrons. The van der Waals surface area contributed by atoms with Gasteiger partial charge >= 0.3 is 0 Å². The molecule has 3 atom stereocenters. The Kier molecular flexibility index (Phi) is 5.76. The second-order valence-corrected chi connectivity index (χ2v) is 5.22. The largest absolute Gasteiger partial charge is 0.492 e. The average Bonchev–Trinajstić information content (AvgIpc) is 2.95. The van der Waals surface area contributed by atoms with Gasteiger partial charge in [-0.15, -0.1) is 0 Å². The topological polar surface area (TPSA) is 69.4 Å². The number of hydrogen-bond donors (Lipinski definition) is 2. The number of hydrazine groups is 1. The Bertz CT molecular complexity index is 414. The highest BCUT2D eigenvalue weighted by Crippen LogP contribution is 2.35. The maximum absolute atomic E-state index is 5.78. The summed E-state index contributed by atoms with van der Waals surface area (Å²) in [7, 11) is 0. The van der Waals surface area contributed by atoms with Crippen LogP contribution >= 0.6 is 0 Å². The van der Waals surface area contributed by atoms with Crippen molar-refractivity contribution >= 4 is 0 Å². The molecule has 0 amide bonds. The molecule has 1 aliphatic rings. The SMILES string of the molecule is CCCOc1cncc(C(NN)C2CCOC2CC)c1. The Morgan fingerprint density at radius 3 is 3.05 bits per heavy atom. The number of pyridine rings is 1. The number of rotatable bonds is 7. The van der Waals surface area contributed by atoms with Gasteiger partial charge in [-0.2, -0.15) is 0 Å². The van der Waals surface area contributed by atoms with Gasteiger partial charge in [0.2, 0.25) is 0 Å². The Balaban J connectivity index is 2.14. The summed E-state index contributed by atoms with van der Waals surface area (Å²) in [6.45, 7) is 5.75. The smallest absolute Gasteiger partial charge is 0.137 e. The summed E-state index contributed by atoms with van der Waals surface area (Å²) in [6.07, 6.45) is 6.87. The van der Waals surface area contributed by atoms with Gasteiger partial charge in [0, 0.05) is 18.7 Å². The van der Waals surface area contributed by atoms with Crippen LogP contribution in [-0.2, 0) is 4.74 Å². The van der Waals surface area contributed by atoms with Crippen molar-refractivity contribution in [3.05, 3.63) is 24.0 Å². The first-order valence-corrected chi connectivity index (χ1v) is 7.45. The molecule has 3 unspecified atom stereocenters. The van der Waals surface area contributed by atoms with Gasteiger partial charge in [-0.1, -0.05) is 13.8 Å². The van der Waals surface area contributed by atoms with E-state index in [1.54, 1.807) is 6.20 Å². The fraction of sp³-hybridized carbons (Fsp3) is 0.667. The number of nitrogens with one attached hydrogen (secondary N) is 1. The molecule has 0 aliphatic carbocycles. The number of ether oxygens (including phenoxy) is 2. The monoisotopic (exact) mass is 279 g/mol. The summed E-state index contributed by atoms with van der Waals surface area (Å²) >= 11 is 0. The van der Waals surface area contributed by atoms with Gasteiger partial charge in [0.25, 0.3) is 0 Å². The minimum absolute atomic E-state index is 0.0557. The fourth-order valence-corrected chi connectivity index (χ4v) is 2.84. The second-order valence-electron chi connectivity index (χ2n) is 5.22. The van der Waals surface area contributed by atoms with Crippen LogP contribution in [-0.4, -0.2) is 24.3 Å². The van der Waals surface area contributed by atoms with E-state index in [1.807, 2.05) is 12.3 Å². The normalized spacial score (nSPS) is 23.8. The lowest BCUT2D eigenvalue weighted by molar-refractivity contribution is 0.0773. The predicted octanol–water partition coefficient (Wildman–Crippen LogP) is 2.19. The maximum atomic E-state index is 5.78. The number of aromatic nitrogens is 1. The second kappa shape index (κ2) is 7.57. The molecule has 0 saturated carbocycles. The molecule has 5 nitrogen and oxygen atoms in total. The zero-order valence-corrected chi connectivity index (χ0v) is 12.3. The van der Waals surface area contributed by atoms with Crippen molar-refractivity contribution in [2.75, 3.05) is 13.2 Å². The highest BCUT2D eigenvalue weighted by Gasteiger charge is 2.34. The van der Waals surface area contributed by atoms with Gasteiger partial charge in [0.05, 0.1) is 24.9 Å². The van der Waals surface area contributed by atoms with Crippen molar-refractivity contribution in [2.24, 2.45) is 11.8 Å². The summed E-state index contributed by atoms with van der Waals surface area (Å²) < 4.78 is 11.4.